The maximum Gasteiger partial charge on any atom is 0.308 e. The monoisotopic (exact) mass is 313 g/mol. The first-order valence-electron chi connectivity index (χ1n) is 5.52. The lowest BCUT2D eigenvalue weighted by Gasteiger charge is -2.03. The van der Waals surface area contributed by atoms with Gasteiger partial charge in [-0.25, -0.2) is 23.1 Å². The molecule has 0 radical (unpaired) electrons. The van der Waals surface area contributed by atoms with Crippen molar-refractivity contribution < 1.29 is 18.3 Å². The van der Waals surface area contributed by atoms with Gasteiger partial charge in [-0.3, -0.25) is 4.79 Å². The third-order valence-electron chi connectivity index (χ3n) is 2.31. The van der Waals surface area contributed by atoms with Crippen LogP contribution in [0.5, 0.6) is 0 Å². The van der Waals surface area contributed by atoms with Gasteiger partial charge in [-0.2, -0.15) is 0 Å². The van der Waals surface area contributed by atoms with Crippen molar-refractivity contribution in [3.63, 3.8) is 0 Å². The maximum absolute atomic E-state index is 12.0. The molecule has 2 aromatic heterocycles. The largest absolute Gasteiger partial charge is 0.481 e. The number of sulfonamides is 1. The van der Waals surface area contributed by atoms with Gasteiger partial charge in [0.15, 0.2) is 0 Å². The Kier molecular flexibility index (Phi) is 4.42. The number of rotatable bonds is 6. The molecule has 9 heteroatoms. The SMILES string of the molecule is O=C(O)Cc1ccc(S(=O)(=O)NCc2ccncn2)s1. The molecule has 0 spiro atoms. The average molecular weight is 313 g/mol. The summed E-state index contributed by atoms with van der Waals surface area (Å²) in [6, 6.07) is 4.50. The van der Waals surface area contributed by atoms with Crippen LogP contribution in [0, 0.1) is 0 Å². The zero-order valence-electron chi connectivity index (χ0n) is 10.2. The molecule has 0 amide bonds. The van der Waals surface area contributed by atoms with E-state index in [0.29, 0.717) is 10.6 Å². The van der Waals surface area contributed by atoms with Gasteiger partial charge in [-0.15, -0.1) is 11.3 Å². The lowest BCUT2D eigenvalue weighted by atomic mass is 10.3. The lowest BCUT2D eigenvalue weighted by molar-refractivity contribution is -0.136. The Hall–Kier alpha value is -1.84. The summed E-state index contributed by atoms with van der Waals surface area (Å²) in [5.74, 6) is -0.996. The first-order chi connectivity index (χ1) is 9.47. The van der Waals surface area contributed by atoms with Crippen LogP contribution in [-0.2, 0) is 27.8 Å². The predicted molar refractivity (Wildman–Crippen MR) is 71.7 cm³/mol. The molecule has 0 fully saturated rings. The number of carbonyl (C=O) groups is 1. The van der Waals surface area contributed by atoms with Gasteiger partial charge in [-0.05, 0) is 18.2 Å². The highest BCUT2D eigenvalue weighted by molar-refractivity contribution is 7.91. The molecular formula is C11H11N3O4S2. The molecular weight excluding hydrogens is 302 g/mol. The van der Waals surface area contributed by atoms with Crippen molar-refractivity contribution in [3.05, 3.63) is 41.3 Å². The van der Waals surface area contributed by atoms with Gasteiger partial charge in [0.25, 0.3) is 0 Å². The normalized spacial score (nSPS) is 11.4. The molecule has 0 bridgehead atoms. The van der Waals surface area contributed by atoms with E-state index in [0.717, 1.165) is 11.3 Å². The fraction of sp³-hybridized carbons (Fsp3) is 0.182. The van der Waals surface area contributed by atoms with Crippen molar-refractivity contribution in [2.75, 3.05) is 0 Å². The van der Waals surface area contributed by atoms with Crippen LogP contribution in [0.3, 0.4) is 0 Å². The highest BCUT2D eigenvalue weighted by Crippen LogP contribution is 2.22. The van der Waals surface area contributed by atoms with E-state index < -0.39 is 16.0 Å². The van der Waals surface area contributed by atoms with E-state index in [9.17, 15) is 13.2 Å². The number of carboxylic acids is 1. The van der Waals surface area contributed by atoms with Crippen molar-refractivity contribution in [2.45, 2.75) is 17.2 Å². The summed E-state index contributed by atoms with van der Waals surface area (Å²) in [6.45, 7) is 0.0526. The van der Waals surface area contributed by atoms with E-state index in [1.54, 1.807) is 6.07 Å². The number of carboxylic acid groups (broad SMARTS) is 1. The number of hydrogen-bond donors (Lipinski definition) is 2. The second-order valence-corrected chi connectivity index (χ2v) is 6.98. The van der Waals surface area contributed by atoms with E-state index in [-0.39, 0.29) is 17.2 Å². The summed E-state index contributed by atoms with van der Waals surface area (Å²) in [4.78, 5) is 18.7. The Morgan fingerprint density at radius 2 is 2.15 bits per heavy atom. The Morgan fingerprint density at radius 3 is 2.80 bits per heavy atom. The van der Waals surface area contributed by atoms with Crippen molar-refractivity contribution in [2.24, 2.45) is 0 Å². The molecule has 2 aromatic rings. The average Bonchev–Trinajstić information content (AvgIpc) is 2.86. The smallest absolute Gasteiger partial charge is 0.308 e. The highest BCUT2D eigenvalue weighted by atomic mass is 32.2. The van der Waals surface area contributed by atoms with Crippen LogP contribution >= 0.6 is 11.3 Å². The minimum atomic E-state index is -3.66. The van der Waals surface area contributed by atoms with Crippen LogP contribution in [0.4, 0.5) is 0 Å². The minimum Gasteiger partial charge on any atom is -0.481 e. The summed E-state index contributed by atoms with van der Waals surface area (Å²) >= 11 is 0.939. The van der Waals surface area contributed by atoms with E-state index in [2.05, 4.69) is 14.7 Å². The van der Waals surface area contributed by atoms with E-state index in [1.165, 1.54) is 24.7 Å². The Labute approximate surface area is 119 Å². The third kappa shape index (κ3) is 3.83. The van der Waals surface area contributed by atoms with Crippen molar-refractivity contribution in [1.82, 2.24) is 14.7 Å². The van der Waals surface area contributed by atoms with E-state index in [4.69, 9.17) is 5.11 Å². The maximum atomic E-state index is 12.0. The van der Waals surface area contributed by atoms with Crippen molar-refractivity contribution in [1.29, 1.82) is 0 Å². The molecule has 0 aromatic carbocycles. The summed E-state index contributed by atoms with van der Waals surface area (Å²) in [5, 5.41) is 8.66. The molecule has 2 rings (SSSR count). The molecule has 2 heterocycles. The van der Waals surface area contributed by atoms with Crippen LogP contribution < -0.4 is 4.72 Å². The Morgan fingerprint density at radius 1 is 1.35 bits per heavy atom. The van der Waals surface area contributed by atoms with Crippen LogP contribution in [0.1, 0.15) is 10.6 Å². The molecule has 0 aliphatic rings. The Bertz CT molecular complexity index is 697. The second kappa shape index (κ2) is 6.07. The topological polar surface area (TPSA) is 109 Å². The van der Waals surface area contributed by atoms with E-state index in [1.807, 2.05) is 0 Å². The van der Waals surface area contributed by atoms with Crippen LogP contribution in [-0.4, -0.2) is 29.5 Å². The molecule has 2 N–H and O–H groups in total. The first-order valence-corrected chi connectivity index (χ1v) is 7.82. The molecule has 106 valence electrons. The molecule has 7 nitrogen and oxygen atoms in total. The van der Waals surface area contributed by atoms with Gasteiger partial charge in [0.05, 0.1) is 18.7 Å². The Balaban J connectivity index is 2.06. The van der Waals surface area contributed by atoms with Crippen LogP contribution in [0.25, 0.3) is 0 Å². The molecule has 0 saturated carbocycles. The molecule has 0 saturated heterocycles. The zero-order chi connectivity index (χ0) is 14.6. The second-order valence-electron chi connectivity index (χ2n) is 3.82. The van der Waals surface area contributed by atoms with Crippen molar-refractivity contribution >= 4 is 27.3 Å². The summed E-state index contributed by atoms with van der Waals surface area (Å²) in [5.41, 5.74) is 0.547. The molecule has 0 aliphatic heterocycles. The first kappa shape index (κ1) is 14.6. The summed E-state index contributed by atoms with van der Waals surface area (Å²) < 4.78 is 26.5. The van der Waals surface area contributed by atoms with E-state index >= 15 is 0 Å². The van der Waals surface area contributed by atoms with Gasteiger partial charge in [0.1, 0.15) is 10.5 Å². The quantitative estimate of drug-likeness (QED) is 0.810. The molecule has 0 aliphatic carbocycles. The number of aliphatic carboxylic acids is 1. The third-order valence-corrected chi connectivity index (χ3v) is 5.29. The zero-order valence-corrected chi connectivity index (χ0v) is 11.8. The van der Waals surface area contributed by atoms with Crippen molar-refractivity contribution in [3.8, 4) is 0 Å². The lowest BCUT2D eigenvalue weighted by Crippen LogP contribution is -2.22. The standard InChI is InChI=1S/C11H11N3O4S2/c15-10(16)5-9-1-2-11(19-9)20(17,18)14-6-8-3-4-12-7-13-8/h1-4,7,14H,5-6H2,(H,15,16). The fourth-order valence-corrected chi connectivity index (χ4v) is 3.80. The van der Waals surface area contributed by atoms with Crippen LogP contribution in [0.15, 0.2) is 34.9 Å². The highest BCUT2D eigenvalue weighted by Gasteiger charge is 2.17. The summed E-state index contributed by atoms with van der Waals surface area (Å²) in [7, 11) is -3.66. The number of nitrogens with one attached hydrogen (secondary N) is 1. The molecule has 20 heavy (non-hydrogen) atoms. The molecule has 0 atom stereocenters. The fourth-order valence-electron chi connectivity index (χ4n) is 1.41. The predicted octanol–water partition coefficient (Wildman–Crippen LogP) is 0.644. The minimum absolute atomic E-state index is 0.0526. The van der Waals surface area contributed by atoms with Gasteiger partial charge in [0.2, 0.25) is 10.0 Å². The van der Waals surface area contributed by atoms with Crippen LogP contribution in [0.2, 0.25) is 0 Å². The number of hydrogen-bond acceptors (Lipinski definition) is 6. The van der Waals surface area contributed by atoms with Gasteiger partial charge in [-0.1, -0.05) is 0 Å². The van der Waals surface area contributed by atoms with Gasteiger partial charge >= 0.3 is 5.97 Å². The summed E-state index contributed by atoms with van der Waals surface area (Å²) in [6.07, 6.45) is 2.67. The number of aromatic nitrogens is 2. The number of thiophene rings is 1. The number of nitrogens with zero attached hydrogens (tertiary/aromatic N) is 2. The van der Waals surface area contributed by atoms with Gasteiger partial charge in [0, 0.05) is 11.1 Å². The van der Waals surface area contributed by atoms with Gasteiger partial charge < -0.3 is 5.11 Å². The molecule has 0 unspecified atom stereocenters.